The van der Waals surface area contributed by atoms with Crippen molar-refractivity contribution in [2.45, 2.75) is 50.9 Å². The van der Waals surface area contributed by atoms with E-state index in [9.17, 15) is 19.5 Å². The molecule has 5 aromatic rings. The first kappa shape index (κ1) is 36.3. The van der Waals surface area contributed by atoms with Gasteiger partial charge in [-0.15, -0.1) is 10.2 Å². The Hall–Kier alpha value is -5.73. The zero-order valence-electron chi connectivity index (χ0n) is 31.4. The number of phenolic OH excluding ortho intramolecular Hbond substituents is 1. The number of aryl methyl sites for hydroxylation is 1. The number of aromatic nitrogens is 4. The molecule has 0 spiro atoms. The molecule has 0 bridgehead atoms. The van der Waals surface area contributed by atoms with E-state index in [1.807, 2.05) is 30.3 Å². The molecule has 3 aliphatic heterocycles. The Balaban J connectivity index is 0.841. The van der Waals surface area contributed by atoms with E-state index in [4.69, 9.17) is 5.73 Å². The summed E-state index contributed by atoms with van der Waals surface area (Å²) in [4.78, 5) is 47.4. The van der Waals surface area contributed by atoms with E-state index in [0.29, 0.717) is 29.5 Å². The molecular weight excluding hydrogens is 697 g/mol. The molecule has 3 aromatic carbocycles. The quantitative estimate of drug-likeness (QED) is 0.190. The number of aromatic hydroxyl groups is 1. The highest BCUT2D eigenvalue weighted by molar-refractivity contribution is 6.00. The van der Waals surface area contributed by atoms with Crippen LogP contribution in [-0.2, 0) is 29.7 Å². The summed E-state index contributed by atoms with van der Waals surface area (Å²) < 4.78 is 3.20. The molecule has 3 saturated heterocycles. The number of imide groups is 1. The molecular formula is C41H48N10O4. The Morgan fingerprint density at radius 1 is 0.873 bits per heavy atom. The molecule has 1 unspecified atom stereocenters. The first-order chi connectivity index (χ1) is 26.6. The van der Waals surface area contributed by atoms with Crippen molar-refractivity contribution in [1.82, 2.24) is 34.4 Å². The van der Waals surface area contributed by atoms with Crippen LogP contribution in [0.5, 0.6) is 5.75 Å². The number of imidazole rings is 1. The lowest BCUT2D eigenvalue weighted by Crippen LogP contribution is -2.46. The third kappa shape index (κ3) is 7.26. The van der Waals surface area contributed by atoms with Gasteiger partial charge >= 0.3 is 5.69 Å². The molecule has 2 amide bonds. The minimum atomic E-state index is -0.688. The average Bonchev–Trinajstić information content (AvgIpc) is 3.45. The Morgan fingerprint density at radius 2 is 1.60 bits per heavy atom. The number of piperazine rings is 1. The molecule has 3 fully saturated rings. The first-order valence-corrected chi connectivity index (χ1v) is 19.1. The largest absolute Gasteiger partial charge is 0.507 e. The maximum Gasteiger partial charge on any atom is 0.329 e. The zero-order valence-corrected chi connectivity index (χ0v) is 31.4. The van der Waals surface area contributed by atoms with Gasteiger partial charge in [0, 0.05) is 70.0 Å². The number of nitrogens with one attached hydrogen (secondary N) is 1. The number of nitrogens with two attached hydrogens (primary N) is 1. The van der Waals surface area contributed by atoms with Crippen LogP contribution in [0.1, 0.15) is 42.9 Å². The zero-order chi connectivity index (χ0) is 38.2. The molecule has 4 N–H and O–H groups in total. The van der Waals surface area contributed by atoms with Crippen LogP contribution in [0.4, 0.5) is 17.2 Å². The number of piperidine rings is 2. The lowest BCUT2D eigenvalue weighted by Gasteiger charge is -2.38. The highest BCUT2D eigenvalue weighted by atomic mass is 16.3. The smallest absolute Gasteiger partial charge is 0.329 e. The number of phenols is 1. The summed E-state index contributed by atoms with van der Waals surface area (Å²) in [6, 6.07) is 23.7. The van der Waals surface area contributed by atoms with Crippen LogP contribution in [-0.4, -0.2) is 98.4 Å². The summed E-state index contributed by atoms with van der Waals surface area (Å²) in [5.74, 6) is -0.160. The number of anilines is 3. The summed E-state index contributed by atoms with van der Waals surface area (Å²) in [6.07, 6.45) is 2.65. The van der Waals surface area contributed by atoms with Gasteiger partial charge in [0.1, 0.15) is 11.8 Å². The first-order valence-electron chi connectivity index (χ1n) is 19.1. The maximum absolute atomic E-state index is 13.4. The maximum atomic E-state index is 13.4. The third-order valence-electron chi connectivity index (χ3n) is 11.6. The highest BCUT2D eigenvalue weighted by Crippen LogP contribution is 2.32. The molecule has 8 rings (SSSR count). The summed E-state index contributed by atoms with van der Waals surface area (Å²) in [7, 11) is 3.98. The summed E-state index contributed by atoms with van der Waals surface area (Å²) in [5.41, 5.74) is 13.2. The van der Waals surface area contributed by atoms with Gasteiger partial charge in [0.05, 0.1) is 22.4 Å². The van der Waals surface area contributed by atoms with E-state index in [1.165, 1.54) is 11.3 Å². The van der Waals surface area contributed by atoms with Crippen molar-refractivity contribution in [3.05, 3.63) is 94.4 Å². The van der Waals surface area contributed by atoms with E-state index < -0.39 is 11.9 Å². The van der Waals surface area contributed by atoms with Gasteiger partial charge in [-0.1, -0.05) is 36.4 Å². The average molecular weight is 745 g/mol. The molecule has 14 nitrogen and oxygen atoms in total. The fourth-order valence-electron chi connectivity index (χ4n) is 8.54. The van der Waals surface area contributed by atoms with Crippen molar-refractivity contribution >= 4 is 40.0 Å². The predicted molar refractivity (Wildman–Crippen MR) is 213 cm³/mol. The van der Waals surface area contributed by atoms with Crippen LogP contribution in [0.15, 0.2) is 77.6 Å². The number of benzene rings is 3. The van der Waals surface area contributed by atoms with Crippen LogP contribution >= 0.6 is 0 Å². The van der Waals surface area contributed by atoms with Crippen molar-refractivity contribution in [2.24, 2.45) is 7.05 Å². The lowest BCUT2D eigenvalue weighted by molar-refractivity contribution is -0.135. The van der Waals surface area contributed by atoms with Crippen molar-refractivity contribution in [3.8, 4) is 17.0 Å². The van der Waals surface area contributed by atoms with Gasteiger partial charge in [-0.25, -0.2) is 4.79 Å². The van der Waals surface area contributed by atoms with E-state index in [-0.39, 0.29) is 23.8 Å². The number of carbonyl (C=O) groups is 2. The number of nitrogens with zero attached hydrogens (tertiary/aromatic N) is 8. The van der Waals surface area contributed by atoms with Crippen LogP contribution in [0.25, 0.3) is 22.3 Å². The fraction of sp³-hybridized carbons (Fsp3) is 0.390. The topological polar surface area (TPSA) is 158 Å². The van der Waals surface area contributed by atoms with Crippen LogP contribution < -0.4 is 26.5 Å². The molecule has 14 heteroatoms. The minimum Gasteiger partial charge on any atom is -0.507 e. The molecule has 5 heterocycles. The molecule has 0 saturated carbocycles. The Morgan fingerprint density at radius 3 is 2.33 bits per heavy atom. The number of para-hydroxylation sites is 2. The van der Waals surface area contributed by atoms with Crippen LogP contribution in [0.3, 0.4) is 0 Å². The number of amides is 2. The number of hydrogen-bond acceptors (Lipinski definition) is 11. The van der Waals surface area contributed by atoms with Crippen molar-refractivity contribution in [2.75, 3.05) is 61.8 Å². The predicted octanol–water partition coefficient (Wildman–Crippen LogP) is 3.49. The van der Waals surface area contributed by atoms with Gasteiger partial charge in [-0.2, -0.15) is 0 Å². The fourth-order valence-corrected chi connectivity index (χ4v) is 8.54. The molecule has 2 aromatic heterocycles. The summed E-state index contributed by atoms with van der Waals surface area (Å²) in [6.45, 7) is 6.79. The number of likely N-dealkylation sites (tertiary alicyclic amines) is 1. The highest BCUT2D eigenvalue weighted by Gasteiger charge is 2.32. The lowest BCUT2D eigenvalue weighted by atomic mass is 10.0. The monoisotopic (exact) mass is 744 g/mol. The van der Waals surface area contributed by atoms with Gasteiger partial charge in [-0.05, 0) is 86.9 Å². The van der Waals surface area contributed by atoms with Crippen molar-refractivity contribution in [1.29, 1.82) is 0 Å². The van der Waals surface area contributed by atoms with Gasteiger partial charge in [0.25, 0.3) is 0 Å². The van der Waals surface area contributed by atoms with E-state index >= 15 is 0 Å². The second-order valence-corrected chi connectivity index (χ2v) is 15.0. The van der Waals surface area contributed by atoms with Gasteiger partial charge in [0.2, 0.25) is 11.8 Å². The second-order valence-electron chi connectivity index (χ2n) is 15.0. The molecule has 3 aliphatic rings. The standard InChI is InChI=1S/C41H48N10O4/c1-46(29-16-18-48(19-17-29)26-28-6-5-8-33-38(28)47(2)41(55)51(33)34-14-15-37(53)43-40(34)54)25-27-10-12-30(13-11-27)49-20-22-50(23-21-49)35-24-32(44-45-39(35)42)31-7-3-4-9-36(31)52/h3-13,24,29,34,52H,14-23,25-26H2,1-2H3,(H2,42,45)(H,43,53,54). The van der Waals surface area contributed by atoms with Crippen molar-refractivity contribution < 1.29 is 14.7 Å². The van der Waals surface area contributed by atoms with E-state index in [2.05, 4.69) is 72.5 Å². The van der Waals surface area contributed by atoms with Gasteiger partial charge in [0.15, 0.2) is 5.82 Å². The number of nitrogen functional groups attached to an aromatic ring is 1. The Labute approximate surface area is 319 Å². The summed E-state index contributed by atoms with van der Waals surface area (Å²) >= 11 is 0. The Bertz CT molecular complexity index is 2270. The number of carbonyl (C=O) groups excluding carboxylic acids is 2. The molecule has 55 heavy (non-hydrogen) atoms. The van der Waals surface area contributed by atoms with Crippen molar-refractivity contribution in [3.63, 3.8) is 0 Å². The molecule has 0 radical (unpaired) electrons. The van der Waals surface area contributed by atoms with E-state index in [1.54, 1.807) is 28.3 Å². The van der Waals surface area contributed by atoms with Gasteiger partial charge < -0.3 is 20.6 Å². The molecule has 0 aliphatic carbocycles. The third-order valence-corrected chi connectivity index (χ3v) is 11.6. The van der Waals surface area contributed by atoms with Crippen LogP contribution in [0, 0.1) is 0 Å². The van der Waals surface area contributed by atoms with Gasteiger partial charge in [-0.3, -0.25) is 33.8 Å². The number of fused-ring (bicyclic) bond motifs is 1. The normalized spacial score (nSPS) is 18.7. The number of rotatable bonds is 9. The Kier molecular flexibility index (Phi) is 10.0. The molecule has 1 atom stereocenters. The van der Waals surface area contributed by atoms with Crippen LogP contribution in [0.2, 0.25) is 0 Å². The van der Waals surface area contributed by atoms with E-state index in [0.717, 1.165) is 87.5 Å². The minimum absolute atomic E-state index is 0.164. The molecule has 286 valence electrons. The number of hydrogen-bond donors (Lipinski definition) is 3. The second kappa shape index (κ2) is 15.2. The SMILES string of the molecule is CN(Cc1ccc(N2CCN(c3cc(-c4ccccc4O)nnc3N)CC2)cc1)C1CCN(Cc2cccc3c2n(C)c(=O)n3C2CCC(=O)NC2=O)CC1. The summed E-state index contributed by atoms with van der Waals surface area (Å²) in [5, 5.41) is 21.1.